The molecule has 7 nitrogen and oxygen atoms in total. The fourth-order valence-electron chi connectivity index (χ4n) is 3.12. The van der Waals surface area contributed by atoms with Gasteiger partial charge in [-0.3, -0.25) is 14.2 Å². The highest BCUT2D eigenvalue weighted by Crippen LogP contribution is 2.36. The number of nitrogens with one attached hydrogen (secondary N) is 1. The Labute approximate surface area is 169 Å². The molecule has 0 aromatic carbocycles. The number of H-pyrrole nitrogens is 1. The van der Waals surface area contributed by atoms with Gasteiger partial charge in [-0.2, -0.15) is 13.2 Å². The Hall–Kier alpha value is -3.02. The number of carbonyl (C=O) groups excluding carboxylic acids is 1. The first-order valence-corrected chi connectivity index (χ1v) is 8.79. The molecule has 3 aromatic rings. The average Bonchev–Trinajstić information content (AvgIpc) is 3.06. The van der Waals surface area contributed by atoms with Gasteiger partial charge < -0.3 is 9.88 Å². The zero-order valence-corrected chi connectivity index (χ0v) is 15.6. The van der Waals surface area contributed by atoms with E-state index < -0.39 is 53.9 Å². The van der Waals surface area contributed by atoms with Gasteiger partial charge >= 0.3 is 6.18 Å². The third-order valence-corrected chi connectivity index (χ3v) is 4.92. The number of pyridine rings is 1. The summed E-state index contributed by atoms with van der Waals surface area (Å²) >= 11 is 5.53. The topological polar surface area (TPSA) is 83.9 Å². The van der Waals surface area contributed by atoms with E-state index in [0.29, 0.717) is 0 Å². The van der Waals surface area contributed by atoms with E-state index in [1.165, 1.54) is 6.20 Å². The average molecular weight is 448 g/mol. The van der Waals surface area contributed by atoms with Crippen molar-refractivity contribution < 1.29 is 26.7 Å². The van der Waals surface area contributed by atoms with Crippen LogP contribution in [-0.4, -0.2) is 49.3 Å². The summed E-state index contributed by atoms with van der Waals surface area (Å²) in [5.74, 6) is -3.65. The van der Waals surface area contributed by atoms with Crippen LogP contribution in [0.1, 0.15) is 5.56 Å². The third kappa shape index (κ3) is 3.51. The van der Waals surface area contributed by atoms with Crippen LogP contribution in [0.2, 0.25) is 5.15 Å². The lowest BCUT2D eigenvalue weighted by molar-refractivity contribution is -0.166. The first kappa shape index (κ1) is 20.3. The van der Waals surface area contributed by atoms with Crippen LogP contribution in [0.15, 0.2) is 29.6 Å². The quantitative estimate of drug-likeness (QED) is 0.494. The molecule has 1 amide bonds. The number of aromatic nitrogens is 4. The number of likely N-dealkylation sites (tertiary alicyclic amines) is 1. The van der Waals surface area contributed by atoms with Gasteiger partial charge in [-0.15, -0.1) is 0 Å². The van der Waals surface area contributed by atoms with Crippen molar-refractivity contribution in [2.45, 2.75) is 18.6 Å². The summed E-state index contributed by atoms with van der Waals surface area (Å²) < 4.78 is 66.2. The zero-order valence-electron chi connectivity index (χ0n) is 14.8. The molecule has 1 aliphatic rings. The van der Waals surface area contributed by atoms with E-state index >= 15 is 0 Å². The molecule has 4 rings (SSSR count). The summed E-state index contributed by atoms with van der Waals surface area (Å²) in [4.78, 5) is 36.0. The maximum Gasteiger partial charge on any atom is 0.419 e. The van der Waals surface area contributed by atoms with Gasteiger partial charge in [0, 0.05) is 23.5 Å². The van der Waals surface area contributed by atoms with E-state index in [4.69, 9.17) is 11.6 Å². The second-order valence-electron chi connectivity index (χ2n) is 6.77. The summed E-state index contributed by atoms with van der Waals surface area (Å²) in [6, 6.07) is 0.752. The number of fused-ring (bicyclic) bond motifs is 1. The standard InChI is InChI=1S/C17H11ClF5N5O2/c18-13-10(17(21,22)23)1-8(2-24-13)9-3-25-14-12(9)15(30)27(7-26-14)4-11(29)28-5-16(19,20)6-28/h1-3,7,25H,4-6H2. The van der Waals surface area contributed by atoms with Crippen LogP contribution in [0, 0.1) is 0 Å². The molecule has 0 saturated carbocycles. The van der Waals surface area contributed by atoms with Crippen molar-refractivity contribution in [2.24, 2.45) is 0 Å². The molecule has 1 aliphatic heterocycles. The third-order valence-electron chi connectivity index (χ3n) is 4.62. The maximum atomic E-state index is 13.1. The highest BCUT2D eigenvalue weighted by atomic mass is 35.5. The molecule has 13 heteroatoms. The monoisotopic (exact) mass is 447 g/mol. The highest BCUT2D eigenvalue weighted by Gasteiger charge is 2.46. The van der Waals surface area contributed by atoms with Crippen LogP contribution in [0.25, 0.3) is 22.2 Å². The smallest absolute Gasteiger partial charge is 0.345 e. The Bertz CT molecular complexity index is 1210. The number of rotatable bonds is 3. The largest absolute Gasteiger partial charge is 0.419 e. The minimum atomic E-state index is -4.75. The van der Waals surface area contributed by atoms with E-state index in [9.17, 15) is 31.5 Å². The fraction of sp³-hybridized carbons (Fsp3) is 0.294. The molecule has 30 heavy (non-hydrogen) atoms. The van der Waals surface area contributed by atoms with Gasteiger partial charge in [-0.1, -0.05) is 11.6 Å². The summed E-state index contributed by atoms with van der Waals surface area (Å²) in [6.45, 7) is -2.00. The normalized spacial score (nSPS) is 16.0. The second kappa shape index (κ2) is 6.76. The molecule has 0 spiro atoms. The number of nitrogens with zero attached hydrogens (tertiary/aromatic N) is 4. The van der Waals surface area contributed by atoms with Gasteiger partial charge in [0.1, 0.15) is 23.7 Å². The molecule has 1 N–H and O–H groups in total. The highest BCUT2D eigenvalue weighted by molar-refractivity contribution is 6.30. The van der Waals surface area contributed by atoms with E-state index in [1.807, 2.05) is 0 Å². The van der Waals surface area contributed by atoms with E-state index in [-0.39, 0.29) is 22.2 Å². The predicted molar refractivity (Wildman–Crippen MR) is 95.1 cm³/mol. The number of alkyl halides is 5. The molecule has 4 heterocycles. The van der Waals surface area contributed by atoms with Gasteiger partial charge in [-0.25, -0.2) is 18.7 Å². The van der Waals surface area contributed by atoms with Crippen LogP contribution in [0.5, 0.6) is 0 Å². The lowest BCUT2D eigenvalue weighted by atomic mass is 10.1. The van der Waals surface area contributed by atoms with Crippen LogP contribution in [-0.2, 0) is 17.5 Å². The zero-order chi connectivity index (χ0) is 21.8. The minimum absolute atomic E-state index is 0.0386. The Balaban J connectivity index is 1.73. The Morgan fingerprint density at radius 3 is 2.60 bits per heavy atom. The van der Waals surface area contributed by atoms with Crippen molar-refractivity contribution in [1.82, 2.24) is 24.4 Å². The summed E-state index contributed by atoms with van der Waals surface area (Å²) in [7, 11) is 0. The van der Waals surface area contributed by atoms with Crippen molar-refractivity contribution >= 4 is 28.5 Å². The number of carbonyl (C=O) groups is 1. The van der Waals surface area contributed by atoms with Crippen molar-refractivity contribution in [1.29, 1.82) is 0 Å². The van der Waals surface area contributed by atoms with Crippen molar-refractivity contribution in [2.75, 3.05) is 13.1 Å². The Morgan fingerprint density at radius 2 is 1.97 bits per heavy atom. The Morgan fingerprint density at radius 1 is 1.27 bits per heavy atom. The molecule has 0 aliphatic carbocycles. The fourth-order valence-corrected chi connectivity index (χ4v) is 3.33. The lowest BCUT2D eigenvalue weighted by Crippen LogP contribution is -2.59. The number of aromatic amines is 1. The van der Waals surface area contributed by atoms with Crippen molar-refractivity contribution in [3.63, 3.8) is 0 Å². The summed E-state index contributed by atoms with van der Waals surface area (Å²) in [5, 5.41) is -0.810. The van der Waals surface area contributed by atoms with Crippen LogP contribution in [0.4, 0.5) is 22.0 Å². The van der Waals surface area contributed by atoms with Gasteiger partial charge in [0.05, 0.1) is 24.0 Å². The van der Waals surface area contributed by atoms with Crippen molar-refractivity contribution in [3.05, 3.63) is 45.9 Å². The number of hydrogen-bond acceptors (Lipinski definition) is 4. The second-order valence-corrected chi connectivity index (χ2v) is 7.13. The number of halogens is 6. The number of amides is 1. The SMILES string of the molecule is O=C(Cn1cnc2[nH]cc(-c3cnc(Cl)c(C(F)(F)F)c3)c2c1=O)N1CC(F)(F)C1. The van der Waals surface area contributed by atoms with Crippen LogP contribution >= 0.6 is 11.6 Å². The van der Waals surface area contributed by atoms with Crippen LogP contribution in [0.3, 0.4) is 0 Å². The van der Waals surface area contributed by atoms with E-state index in [2.05, 4.69) is 15.0 Å². The van der Waals surface area contributed by atoms with Crippen molar-refractivity contribution in [3.8, 4) is 11.1 Å². The lowest BCUT2D eigenvalue weighted by Gasteiger charge is -2.38. The molecular formula is C17H11ClF5N5O2. The molecule has 0 atom stereocenters. The van der Waals surface area contributed by atoms with E-state index in [0.717, 1.165) is 28.1 Å². The molecular weight excluding hydrogens is 437 g/mol. The first-order valence-electron chi connectivity index (χ1n) is 8.41. The summed E-state index contributed by atoms with van der Waals surface area (Å²) in [6.07, 6.45) is -1.34. The first-order chi connectivity index (χ1) is 14.0. The maximum absolute atomic E-state index is 13.1. The predicted octanol–water partition coefficient (Wildman–Crippen LogP) is 2.94. The molecule has 1 fully saturated rings. The minimum Gasteiger partial charge on any atom is -0.345 e. The van der Waals surface area contributed by atoms with Gasteiger partial charge in [-0.05, 0) is 6.07 Å². The van der Waals surface area contributed by atoms with Crippen LogP contribution < -0.4 is 5.56 Å². The summed E-state index contributed by atoms with van der Waals surface area (Å²) in [5.41, 5.74) is -1.77. The van der Waals surface area contributed by atoms with Gasteiger partial charge in [0.2, 0.25) is 5.91 Å². The van der Waals surface area contributed by atoms with Gasteiger partial charge in [0.25, 0.3) is 11.5 Å². The van der Waals surface area contributed by atoms with E-state index in [1.54, 1.807) is 0 Å². The molecule has 0 bridgehead atoms. The molecule has 1 saturated heterocycles. The van der Waals surface area contributed by atoms with Gasteiger partial charge in [0.15, 0.2) is 0 Å². The molecule has 3 aromatic heterocycles. The number of hydrogen-bond donors (Lipinski definition) is 1. The molecule has 0 radical (unpaired) electrons. The Kier molecular flexibility index (Phi) is 4.56. The molecule has 0 unspecified atom stereocenters. The molecule has 158 valence electrons.